The summed E-state index contributed by atoms with van der Waals surface area (Å²) >= 11 is 0. The number of aromatic nitrogens is 3. The van der Waals surface area contributed by atoms with Crippen molar-refractivity contribution in [1.29, 1.82) is 0 Å². The highest BCUT2D eigenvalue weighted by molar-refractivity contribution is 6.03. The molecular formula is C44H47N3O8. The lowest BCUT2D eigenvalue weighted by molar-refractivity contribution is -0.134. The van der Waals surface area contributed by atoms with Gasteiger partial charge in [0.15, 0.2) is 0 Å². The van der Waals surface area contributed by atoms with Gasteiger partial charge in [0.25, 0.3) is 0 Å². The Labute approximate surface area is 320 Å². The van der Waals surface area contributed by atoms with Crippen LogP contribution < -0.4 is 0 Å². The van der Waals surface area contributed by atoms with Gasteiger partial charge >= 0.3 is 24.2 Å². The fourth-order valence-corrected chi connectivity index (χ4v) is 6.60. The molecule has 11 heteroatoms. The van der Waals surface area contributed by atoms with Crippen molar-refractivity contribution >= 4 is 57.0 Å². The van der Waals surface area contributed by atoms with Gasteiger partial charge in [-0.1, -0.05) is 54.6 Å². The molecule has 0 N–H and O–H groups in total. The molecule has 6 aromatic rings. The Morgan fingerprint density at radius 3 is 1.73 bits per heavy atom. The van der Waals surface area contributed by atoms with E-state index in [9.17, 15) is 19.2 Å². The second-order valence-corrected chi connectivity index (χ2v) is 16.3. The smallest absolute Gasteiger partial charge is 0.419 e. The number of fused-ring (bicyclic) bond motifs is 3. The molecule has 3 aromatic carbocycles. The quantitative estimate of drug-likeness (QED) is 0.0972. The zero-order chi connectivity index (χ0) is 40.0. The molecule has 0 bridgehead atoms. The van der Waals surface area contributed by atoms with Gasteiger partial charge in [0, 0.05) is 34.3 Å². The maximum atomic E-state index is 14.3. The molecule has 11 nitrogen and oxygen atoms in total. The van der Waals surface area contributed by atoms with Gasteiger partial charge in [-0.2, -0.15) is 0 Å². The number of benzene rings is 3. The number of carbonyl (C=O) groups excluding carboxylic acids is 4. The van der Waals surface area contributed by atoms with Crippen LogP contribution in [0.5, 0.6) is 0 Å². The predicted octanol–water partition coefficient (Wildman–Crippen LogP) is 10.4. The zero-order valence-electron chi connectivity index (χ0n) is 32.9. The average molecular weight is 746 g/mol. The van der Waals surface area contributed by atoms with E-state index < -0.39 is 47.0 Å². The van der Waals surface area contributed by atoms with E-state index in [0.717, 1.165) is 10.8 Å². The molecule has 0 aliphatic carbocycles. The number of rotatable bonds is 5. The Hall–Kier alpha value is -6.10. The number of carbonyl (C=O) groups is 4. The van der Waals surface area contributed by atoms with Gasteiger partial charge in [0.2, 0.25) is 0 Å². The third kappa shape index (κ3) is 8.06. The van der Waals surface area contributed by atoms with Crippen LogP contribution in [0.25, 0.3) is 44.1 Å². The molecule has 286 valence electrons. The molecule has 0 spiro atoms. The van der Waals surface area contributed by atoms with Crippen LogP contribution in [0.1, 0.15) is 79.4 Å². The fraction of sp³-hybridized carbons (Fsp3) is 0.318. The molecule has 0 saturated carbocycles. The molecule has 3 aromatic heterocycles. The second-order valence-electron chi connectivity index (χ2n) is 16.3. The van der Waals surface area contributed by atoms with Crippen molar-refractivity contribution in [2.75, 3.05) is 7.11 Å². The summed E-state index contributed by atoms with van der Waals surface area (Å²) < 4.78 is 27.0. The highest BCUT2D eigenvalue weighted by Gasteiger charge is 2.31. The number of para-hydroxylation sites is 2. The number of allylic oxidation sites excluding steroid dienone is 1. The van der Waals surface area contributed by atoms with E-state index in [-0.39, 0.29) is 0 Å². The van der Waals surface area contributed by atoms with Crippen molar-refractivity contribution < 1.29 is 38.1 Å². The van der Waals surface area contributed by atoms with E-state index in [2.05, 4.69) is 0 Å². The molecule has 0 unspecified atom stereocenters. The van der Waals surface area contributed by atoms with Crippen LogP contribution in [0.2, 0.25) is 0 Å². The van der Waals surface area contributed by atoms with Crippen molar-refractivity contribution in [2.24, 2.45) is 0 Å². The maximum Gasteiger partial charge on any atom is 0.419 e. The number of nitrogens with zero attached hydrogens (tertiary/aromatic N) is 3. The zero-order valence-corrected chi connectivity index (χ0v) is 32.9. The third-order valence-corrected chi connectivity index (χ3v) is 8.63. The van der Waals surface area contributed by atoms with Gasteiger partial charge < -0.3 is 18.9 Å². The molecule has 6 rings (SSSR count). The van der Waals surface area contributed by atoms with Crippen LogP contribution in [0, 0.1) is 0 Å². The van der Waals surface area contributed by atoms with Crippen LogP contribution in [0.3, 0.4) is 0 Å². The van der Waals surface area contributed by atoms with Crippen LogP contribution in [0.4, 0.5) is 14.4 Å². The lowest BCUT2D eigenvalue weighted by Crippen LogP contribution is -2.29. The second kappa shape index (κ2) is 14.3. The summed E-state index contributed by atoms with van der Waals surface area (Å²) in [7, 11) is 1.30. The first-order valence-electron chi connectivity index (χ1n) is 18.1. The summed E-state index contributed by atoms with van der Waals surface area (Å²) in [5.74, 6) is -1.21. The van der Waals surface area contributed by atoms with Crippen LogP contribution >= 0.6 is 0 Å². The first kappa shape index (κ1) is 38.6. The number of hydrogen-bond acceptors (Lipinski definition) is 8. The Morgan fingerprint density at radius 1 is 0.582 bits per heavy atom. The van der Waals surface area contributed by atoms with E-state index in [1.165, 1.54) is 26.9 Å². The Morgan fingerprint density at radius 2 is 1.11 bits per heavy atom. The van der Waals surface area contributed by atoms with Gasteiger partial charge in [-0.25, -0.2) is 28.3 Å². The lowest BCUT2D eigenvalue weighted by Gasteiger charge is -2.22. The minimum atomic E-state index is -0.851. The first-order valence-corrected chi connectivity index (χ1v) is 18.1. The van der Waals surface area contributed by atoms with Crippen molar-refractivity contribution in [2.45, 2.75) is 85.0 Å². The van der Waals surface area contributed by atoms with Crippen LogP contribution in [0.15, 0.2) is 97.2 Å². The van der Waals surface area contributed by atoms with E-state index in [0.29, 0.717) is 44.5 Å². The number of methoxy groups -OCH3 is 1. The molecule has 3 heterocycles. The summed E-state index contributed by atoms with van der Waals surface area (Å²) in [6, 6.07) is 24.1. The standard InChI is InChI=1S/C44H47N3O8/c1-42(2,3)53-39(49)45-26-32(30-17-12-14-20-34(30)45)29(22-23-38(48)52-10)28-18-15-21-35-31(28)25-37(47(35)41(51)55-44(7,8)9)36-24-27-16-11-13-19-33(27)46(36)40(50)54-43(4,5)6/h11-26,29H,1-10H3/b23-22+/t29-/m1/s1. The highest BCUT2D eigenvalue weighted by atomic mass is 16.6. The van der Waals surface area contributed by atoms with E-state index in [4.69, 9.17) is 18.9 Å². The molecule has 0 saturated heterocycles. The highest BCUT2D eigenvalue weighted by Crippen LogP contribution is 2.41. The molecule has 1 atom stereocenters. The Kier molecular flexibility index (Phi) is 10.0. The maximum absolute atomic E-state index is 14.3. The minimum absolute atomic E-state index is 0.380. The molecule has 55 heavy (non-hydrogen) atoms. The Bertz CT molecular complexity index is 2490. The van der Waals surface area contributed by atoms with Crippen molar-refractivity contribution in [1.82, 2.24) is 13.7 Å². The molecular weight excluding hydrogens is 698 g/mol. The van der Waals surface area contributed by atoms with Crippen molar-refractivity contribution in [3.63, 3.8) is 0 Å². The fourth-order valence-electron chi connectivity index (χ4n) is 6.60. The summed E-state index contributed by atoms with van der Waals surface area (Å²) in [6.45, 7) is 16.1. The SMILES string of the molecule is COC(=O)/C=C/[C@@H](c1cn(C(=O)OC(C)(C)C)c2ccccc12)c1cccc2c1cc(-c1cc3ccccc3n1C(=O)OC(C)(C)C)n2C(=O)OC(C)(C)C. The van der Waals surface area contributed by atoms with E-state index >= 15 is 0 Å². The van der Waals surface area contributed by atoms with E-state index in [1.54, 1.807) is 80.7 Å². The predicted molar refractivity (Wildman–Crippen MR) is 213 cm³/mol. The molecule has 0 aliphatic heterocycles. The van der Waals surface area contributed by atoms with Gasteiger partial charge in [0.05, 0.1) is 35.0 Å². The lowest BCUT2D eigenvalue weighted by atomic mass is 9.88. The van der Waals surface area contributed by atoms with Gasteiger partial charge in [-0.15, -0.1) is 0 Å². The summed E-state index contributed by atoms with van der Waals surface area (Å²) in [4.78, 5) is 54.5. The topological polar surface area (TPSA) is 120 Å². The van der Waals surface area contributed by atoms with Gasteiger partial charge in [-0.3, -0.25) is 4.57 Å². The Balaban J connectivity index is 1.67. The molecule has 0 aliphatic rings. The van der Waals surface area contributed by atoms with Crippen LogP contribution in [-0.2, 0) is 23.7 Å². The van der Waals surface area contributed by atoms with Gasteiger partial charge in [0.1, 0.15) is 16.8 Å². The monoisotopic (exact) mass is 745 g/mol. The summed E-state index contributed by atoms with van der Waals surface area (Å²) in [5.41, 5.74) is 1.49. The summed E-state index contributed by atoms with van der Waals surface area (Å²) in [5, 5.41) is 2.15. The van der Waals surface area contributed by atoms with Crippen molar-refractivity contribution in [3.05, 3.63) is 108 Å². The molecule has 0 fully saturated rings. The molecule has 0 amide bonds. The third-order valence-electron chi connectivity index (χ3n) is 8.63. The number of hydrogen-bond donors (Lipinski definition) is 0. The summed E-state index contributed by atoms with van der Waals surface area (Å²) in [6.07, 6.45) is 2.95. The molecule has 0 radical (unpaired) electrons. The minimum Gasteiger partial charge on any atom is -0.466 e. The van der Waals surface area contributed by atoms with Crippen molar-refractivity contribution in [3.8, 4) is 11.4 Å². The number of esters is 1. The normalized spacial score (nSPS) is 13.1. The number of ether oxygens (including phenoxy) is 4. The first-order chi connectivity index (χ1) is 25.8. The van der Waals surface area contributed by atoms with Gasteiger partial charge in [-0.05, 0) is 104 Å². The average Bonchev–Trinajstić information content (AvgIpc) is 3.78. The largest absolute Gasteiger partial charge is 0.466 e. The van der Waals surface area contributed by atoms with E-state index in [1.807, 2.05) is 72.8 Å². The van der Waals surface area contributed by atoms with Crippen LogP contribution in [-0.4, -0.2) is 61.9 Å².